The number of rotatable bonds is 8. The lowest BCUT2D eigenvalue weighted by molar-refractivity contribution is -0.123. The summed E-state index contributed by atoms with van der Waals surface area (Å²) in [5, 5.41) is 8.08. The van der Waals surface area contributed by atoms with Crippen molar-refractivity contribution >= 4 is 33.7 Å². The maximum absolute atomic E-state index is 13.2. The zero-order valence-electron chi connectivity index (χ0n) is 19.4. The third-order valence-corrected chi connectivity index (χ3v) is 5.73. The minimum Gasteiger partial charge on any atom is -0.488 e. The summed E-state index contributed by atoms with van der Waals surface area (Å²) < 4.78 is 25.0. The third kappa shape index (κ3) is 5.33. The van der Waals surface area contributed by atoms with Crippen LogP contribution < -0.4 is 14.9 Å². The van der Waals surface area contributed by atoms with Crippen molar-refractivity contribution in [2.24, 2.45) is 5.10 Å². The molecule has 0 aliphatic carbocycles. The molecule has 0 aromatic heterocycles. The molecular formula is C30H23FN2O3. The first-order valence-corrected chi connectivity index (χ1v) is 11.5. The molecule has 5 aromatic rings. The molecule has 0 spiro atoms. The van der Waals surface area contributed by atoms with Gasteiger partial charge in [-0.3, -0.25) is 4.79 Å². The first kappa shape index (κ1) is 23.1. The predicted molar refractivity (Wildman–Crippen MR) is 140 cm³/mol. The summed E-state index contributed by atoms with van der Waals surface area (Å²) in [4.78, 5) is 12.4. The minimum atomic E-state index is -0.381. The lowest BCUT2D eigenvalue weighted by Gasteiger charge is -2.12. The van der Waals surface area contributed by atoms with Gasteiger partial charge in [0.05, 0.1) is 6.21 Å². The van der Waals surface area contributed by atoms with Crippen molar-refractivity contribution in [3.63, 3.8) is 0 Å². The van der Waals surface area contributed by atoms with Crippen molar-refractivity contribution in [1.29, 1.82) is 0 Å². The standard InChI is InChI=1S/C30H23FN2O3/c31-24-15-12-21(13-16-24)19-35-29-17-14-23-7-1-3-9-25(23)27(29)18-32-33-30(34)20-36-28-11-5-8-22-6-2-4-10-26(22)28/h1-18H,19-20H2,(H,33,34)/b32-18+. The number of carbonyl (C=O) groups excluding carboxylic acids is 1. The van der Waals surface area contributed by atoms with Crippen LogP contribution in [0.3, 0.4) is 0 Å². The Balaban J connectivity index is 1.29. The van der Waals surface area contributed by atoms with Crippen LogP contribution >= 0.6 is 0 Å². The van der Waals surface area contributed by atoms with Crippen LogP contribution in [0.4, 0.5) is 4.39 Å². The molecule has 36 heavy (non-hydrogen) atoms. The Morgan fingerprint density at radius 2 is 1.44 bits per heavy atom. The van der Waals surface area contributed by atoms with Gasteiger partial charge >= 0.3 is 0 Å². The summed E-state index contributed by atoms with van der Waals surface area (Å²) in [6, 6.07) is 31.4. The summed E-state index contributed by atoms with van der Waals surface area (Å²) >= 11 is 0. The Morgan fingerprint density at radius 1 is 0.750 bits per heavy atom. The van der Waals surface area contributed by atoms with Gasteiger partial charge in [0, 0.05) is 10.9 Å². The number of hydrogen-bond donors (Lipinski definition) is 1. The first-order chi connectivity index (χ1) is 17.7. The quantitative estimate of drug-likeness (QED) is 0.212. The molecule has 6 heteroatoms. The molecule has 0 aliphatic heterocycles. The van der Waals surface area contributed by atoms with E-state index in [1.807, 2.05) is 78.9 Å². The summed E-state index contributed by atoms with van der Waals surface area (Å²) in [6.07, 6.45) is 1.57. The van der Waals surface area contributed by atoms with E-state index < -0.39 is 0 Å². The van der Waals surface area contributed by atoms with E-state index in [1.54, 1.807) is 18.3 Å². The van der Waals surface area contributed by atoms with Crippen LogP contribution in [0, 0.1) is 5.82 Å². The molecular weight excluding hydrogens is 455 g/mol. The fourth-order valence-electron chi connectivity index (χ4n) is 3.94. The average Bonchev–Trinajstić information content (AvgIpc) is 2.92. The Bertz CT molecular complexity index is 1540. The van der Waals surface area contributed by atoms with Crippen LogP contribution in [0.15, 0.2) is 108 Å². The van der Waals surface area contributed by atoms with Gasteiger partial charge in [-0.05, 0) is 46.0 Å². The molecule has 0 aliphatic rings. The molecule has 0 saturated carbocycles. The van der Waals surface area contributed by atoms with E-state index in [0.717, 1.165) is 32.7 Å². The summed E-state index contributed by atoms with van der Waals surface area (Å²) in [7, 11) is 0. The van der Waals surface area contributed by atoms with Gasteiger partial charge in [-0.1, -0.05) is 78.9 Å². The number of hydrazone groups is 1. The maximum atomic E-state index is 13.2. The van der Waals surface area contributed by atoms with Crippen molar-refractivity contribution in [2.75, 3.05) is 6.61 Å². The molecule has 5 rings (SSSR count). The highest BCUT2D eigenvalue weighted by atomic mass is 19.1. The van der Waals surface area contributed by atoms with Gasteiger partial charge in [-0.2, -0.15) is 5.10 Å². The van der Waals surface area contributed by atoms with Crippen LogP contribution in [0.1, 0.15) is 11.1 Å². The van der Waals surface area contributed by atoms with E-state index in [4.69, 9.17) is 9.47 Å². The normalized spacial score (nSPS) is 11.1. The van der Waals surface area contributed by atoms with Crippen LogP contribution in [0.2, 0.25) is 0 Å². The van der Waals surface area contributed by atoms with Crippen molar-refractivity contribution in [2.45, 2.75) is 6.61 Å². The zero-order valence-corrected chi connectivity index (χ0v) is 19.4. The number of nitrogens with zero attached hydrogens (tertiary/aromatic N) is 1. The van der Waals surface area contributed by atoms with Gasteiger partial charge in [0.2, 0.25) is 0 Å². The molecule has 1 N–H and O–H groups in total. The Hall–Kier alpha value is -4.71. The number of fused-ring (bicyclic) bond motifs is 2. The fraction of sp³-hybridized carbons (Fsp3) is 0.0667. The molecule has 0 heterocycles. The second kappa shape index (κ2) is 10.7. The van der Waals surface area contributed by atoms with Gasteiger partial charge in [0.1, 0.15) is 23.9 Å². The first-order valence-electron chi connectivity index (χ1n) is 11.5. The lowest BCUT2D eigenvalue weighted by atomic mass is 10.0. The highest BCUT2D eigenvalue weighted by Gasteiger charge is 2.09. The summed E-state index contributed by atoms with van der Waals surface area (Å²) in [5.41, 5.74) is 4.10. The van der Waals surface area contributed by atoms with Gasteiger partial charge in [0.15, 0.2) is 6.61 Å². The van der Waals surface area contributed by atoms with Crippen molar-refractivity contribution in [3.8, 4) is 11.5 Å². The predicted octanol–water partition coefficient (Wildman–Crippen LogP) is 6.24. The Kier molecular flexibility index (Phi) is 6.85. The Morgan fingerprint density at radius 3 is 2.25 bits per heavy atom. The molecule has 0 fully saturated rings. The van der Waals surface area contributed by atoms with Gasteiger partial charge in [-0.15, -0.1) is 0 Å². The molecule has 1 amide bonds. The minimum absolute atomic E-state index is 0.172. The molecule has 0 atom stereocenters. The third-order valence-electron chi connectivity index (χ3n) is 5.73. The Labute approximate surface area is 207 Å². The largest absolute Gasteiger partial charge is 0.488 e. The van der Waals surface area contributed by atoms with E-state index in [1.165, 1.54) is 12.1 Å². The second-order valence-corrected chi connectivity index (χ2v) is 8.17. The van der Waals surface area contributed by atoms with Crippen LogP contribution in [0.5, 0.6) is 11.5 Å². The molecule has 5 nitrogen and oxygen atoms in total. The number of amides is 1. The SMILES string of the molecule is O=C(COc1cccc2ccccc12)N/N=C/c1c(OCc2ccc(F)cc2)ccc2ccccc12. The van der Waals surface area contributed by atoms with E-state index in [2.05, 4.69) is 10.5 Å². The van der Waals surface area contributed by atoms with Crippen LogP contribution in [0.25, 0.3) is 21.5 Å². The van der Waals surface area contributed by atoms with Crippen molar-refractivity contribution in [1.82, 2.24) is 5.43 Å². The van der Waals surface area contributed by atoms with Crippen molar-refractivity contribution in [3.05, 3.63) is 120 Å². The number of hydrogen-bond acceptors (Lipinski definition) is 4. The zero-order chi connectivity index (χ0) is 24.7. The van der Waals surface area contributed by atoms with Crippen LogP contribution in [-0.2, 0) is 11.4 Å². The summed E-state index contributed by atoms with van der Waals surface area (Å²) in [6.45, 7) is 0.0967. The molecule has 0 saturated heterocycles. The monoisotopic (exact) mass is 478 g/mol. The lowest BCUT2D eigenvalue weighted by Crippen LogP contribution is -2.24. The topological polar surface area (TPSA) is 59.9 Å². The van der Waals surface area contributed by atoms with Crippen LogP contribution in [-0.4, -0.2) is 18.7 Å². The van der Waals surface area contributed by atoms with E-state index in [0.29, 0.717) is 11.5 Å². The summed E-state index contributed by atoms with van der Waals surface area (Å²) in [5.74, 6) is 0.562. The highest BCUT2D eigenvalue weighted by molar-refractivity contribution is 6.02. The molecule has 0 unspecified atom stereocenters. The van der Waals surface area contributed by atoms with E-state index in [9.17, 15) is 9.18 Å². The fourth-order valence-corrected chi connectivity index (χ4v) is 3.94. The highest BCUT2D eigenvalue weighted by Crippen LogP contribution is 2.28. The number of nitrogens with one attached hydrogen (secondary N) is 1. The maximum Gasteiger partial charge on any atom is 0.277 e. The second-order valence-electron chi connectivity index (χ2n) is 8.17. The van der Waals surface area contributed by atoms with Gasteiger partial charge in [-0.25, -0.2) is 9.82 Å². The van der Waals surface area contributed by atoms with Gasteiger partial charge < -0.3 is 9.47 Å². The van der Waals surface area contributed by atoms with Crippen molar-refractivity contribution < 1.29 is 18.7 Å². The number of benzene rings is 5. The number of ether oxygens (including phenoxy) is 2. The van der Waals surface area contributed by atoms with Gasteiger partial charge in [0.25, 0.3) is 5.91 Å². The molecule has 178 valence electrons. The number of halogens is 1. The van der Waals surface area contributed by atoms with E-state index in [-0.39, 0.29) is 24.9 Å². The molecule has 0 bridgehead atoms. The smallest absolute Gasteiger partial charge is 0.277 e. The van der Waals surface area contributed by atoms with E-state index >= 15 is 0 Å². The average molecular weight is 479 g/mol. The number of carbonyl (C=O) groups is 1. The molecule has 5 aromatic carbocycles. The molecule has 0 radical (unpaired) electrons.